The van der Waals surface area contributed by atoms with E-state index in [1.807, 2.05) is 0 Å². The van der Waals surface area contributed by atoms with Crippen LogP contribution in [0.2, 0.25) is 0 Å². The summed E-state index contributed by atoms with van der Waals surface area (Å²) >= 11 is 0. The lowest BCUT2D eigenvalue weighted by Gasteiger charge is -2.07. The predicted molar refractivity (Wildman–Crippen MR) is 68.3 cm³/mol. The second-order valence-electron chi connectivity index (χ2n) is 3.99. The van der Waals surface area contributed by atoms with Gasteiger partial charge in [-0.3, -0.25) is 4.79 Å². The van der Waals surface area contributed by atoms with E-state index in [9.17, 15) is 13.6 Å². The number of carbonyl (C=O) groups is 1. The molecule has 0 saturated carbocycles. The number of methoxy groups -OCH3 is 1. The number of carbonyl (C=O) groups excluding carboxylic acids is 1. The molecule has 0 aliphatic carbocycles. The lowest BCUT2D eigenvalue weighted by molar-refractivity contribution is 0.0945. The number of aromatic nitrogens is 1. The van der Waals surface area contributed by atoms with Crippen molar-refractivity contribution in [3.05, 3.63) is 59.4 Å². The van der Waals surface area contributed by atoms with Crippen LogP contribution in [0.3, 0.4) is 0 Å². The number of ether oxygens (including phenoxy) is 1. The summed E-state index contributed by atoms with van der Waals surface area (Å²) in [6, 6.07) is 8.15. The Bertz CT molecular complexity index is 615. The number of pyridine rings is 1. The minimum atomic E-state index is -1.29. The predicted octanol–water partition coefficient (Wildman–Crippen LogP) is 2.30. The molecule has 0 atom stereocenters. The van der Waals surface area contributed by atoms with Gasteiger partial charge in [0.1, 0.15) is 5.75 Å². The van der Waals surface area contributed by atoms with Crippen molar-refractivity contribution in [2.24, 2.45) is 0 Å². The molecule has 1 aromatic carbocycles. The quantitative estimate of drug-likeness (QED) is 0.873. The molecule has 104 valence electrons. The largest absolute Gasteiger partial charge is 0.497 e. The summed E-state index contributed by atoms with van der Waals surface area (Å²) in [5.74, 6) is -2.54. The van der Waals surface area contributed by atoms with Gasteiger partial charge in [0.25, 0.3) is 5.91 Å². The Morgan fingerprint density at radius 2 is 1.95 bits per heavy atom. The number of rotatable bonds is 4. The number of hydrogen-bond donors (Lipinski definition) is 1. The molecular formula is C14H12F2N2O2. The molecule has 0 bridgehead atoms. The van der Waals surface area contributed by atoms with Crippen molar-refractivity contribution in [3.63, 3.8) is 0 Å². The molecule has 0 unspecified atom stereocenters. The summed E-state index contributed by atoms with van der Waals surface area (Å²) in [5, 5.41) is 2.51. The standard InChI is InChI=1S/C14H12F2N2O2/c1-20-10-4-2-9(3-5-10)8-18-14(19)11-6-7-17-13(16)12(11)15/h2-7H,8H2,1H3,(H,18,19). The third-order valence-corrected chi connectivity index (χ3v) is 2.70. The SMILES string of the molecule is COc1ccc(CNC(=O)c2ccnc(F)c2F)cc1. The second-order valence-corrected chi connectivity index (χ2v) is 3.99. The molecule has 0 aliphatic rings. The molecule has 0 saturated heterocycles. The summed E-state index contributed by atoms with van der Waals surface area (Å²) in [7, 11) is 1.55. The highest BCUT2D eigenvalue weighted by atomic mass is 19.2. The van der Waals surface area contributed by atoms with E-state index in [0.717, 1.165) is 17.8 Å². The van der Waals surface area contributed by atoms with Crippen molar-refractivity contribution in [2.75, 3.05) is 7.11 Å². The second kappa shape index (κ2) is 6.10. The molecule has 0 spiro atoms. The van der Waals surface area contributed by atoms with Crippen LogP contribution in [0.15, 0.2) is 36.5 Å². The molecule has 0 aliphatic heterocycles. The van der Waals surface area contributed by atoms with Crippen LogP contribution < -0.4 is 10.1 Å². The molecule has 1 amide bonds. The smallest absolute Gasteiger partial charge is 0.254 e. The maximum Gasteiger partial charge on any atom is 0.254 e. The molecule has 1 heterocycles. The number of amides is 1. The number of benzene rings is 1. The zero-order valence-electron chi connectivity index (χ0n) is 10.7. The van der Waals surface area contributed by atoms with Crippen LogP contribution in [0.1, 0.15) is 15.9 Å². The first-order chi connectivity index (χ1) is 9.61. The Labute approximate surface area is 114 Å². The van der Waals surface area contributed by atoms with Gasteiger partial charge in [-0.15, -0.1) is 0 Å². The first-order valence-corrected chi connectivity index (χ1v) is 5.83. The zero-order chi connectivity index (χ0) is 14.5. The van der Waals surface area contributed by atoms with E-state index in [0.29, 0.717) is 5.75 Å². The van der Waals surface area contributed by atoms with Crippen molar-refractivity contribution in [3.8, 4) is 5.75 Å². The first kappa shape index (κ1) is 13.9. The van der Waals surface area contributed by atoms with Gasteiger partial charge in [-0.2, -0.15) is 4.39 Å². The maximum atomic E-state index is 13.4. The van der Waals surface area contributed by atoms with Crippen LogP contribution in [0, 0.1) is 11.8 Å². The van der Waals surface area contributed by atoms with E-state index in [1.54, 1.807) is 31.4 Å². The van der Waals surface area contributed by atoms with Crippen LogP contribution in [0.5, 0.6) is 5.75 Å². The summed E-state index contributed by atoms with van der Waals surface area (Å²) in [6.45, 7) is 0.201. The maximum absolute atomic E-state index is 13.4. The minimum absolute atomic E-state index is 0.201. The lowest BCUT2D eigenvalue weighted by atomic mass is 10.2. The molecule has 4 nitrogen and oxygen atoms in total. The highest BCUT2D eigenvalue weighted by Gasteiger charge is 2.15. The monoisotopic (exact) mass is 278 g/mol. The van der Waals surface area contributed by atoms with Gasteiger partial charge in [0.2, 0.25) is 5.95 Å². The normalized spacial score (nSPS) is 10.2. The molecule has 0 fully saturated rings. The van der Waals surface area contributed by atoms with Crippen LogP contribution in [0.25, 0.3) is 0 Å². The van der Waals surface area contributed by atoms with E-state index >= 15 is 0 Å². The number of hydrogen-bond acceptors (Lipinski definition) is 3. The van der Waals surface area contributed by atoms with Gasteiger partial charge in [0.05, 0.1) is 12.7 Å². The molecule has 1 aromatic heterocycles. The highest BCUT2D eigenvalue weighted by molar-refractivity contribution is 5.94. The number of nitrogens with zero attached hydrogens (tertiary/aromatic N) is 1. The van der Waals surface area contributed by atoms with Gasteiger partial charge in [0.15, 0.2) is 5.82 Å². The minimum Gasteiger partial charge on any atom is -0.497 e. The van der Waals surface area contributed by atoms with E-state index in [-0.39, 0.29) is 12.1 Å². The third kappa shape index (κ3) is 3.09. The molecule has 6 heteroatoms. The summed E-state index contributed by atoms with van der Waals surface area (Å²) in [4.78, 5) is 14.9. The molecular weight excluding hydrogens is 266 g/mol. The fraction of sp³-hybridized carbons (Fsp3) is 0.143. The highest BCUT2D eigenvalue weighted by Crippen LogP contribution is 2.12. The molecule has 1 N–H and O–H groups in total. The average Bonchev–Trinajstić information content (AvgIpc) is 2.48. The third-order valence-electron chi connectivity index (χ3n) is 2.70. The van der Waals surface area contributed by atoms with Crippen molar-refractivity contribution in [1.29, 1.82) is 0 Å². The molecule has 0 radical (unpaired) electrons. The Morgan fingerprint density at radius 1 is 1.25 bits per heavy atom. The van der Waals surface area contributed by atoms with Crippen LogP contribution in [-0.4, -0.2) is 18.0 Å². The topological polar surface area (TPSA) is 51.2 Å². The first-order valence-electron chi connectivity index (χ1n) is 5.83. The van der Waals surface area contributed by atoms with Crippen LogP contribution in [0.4, 0.5) is 8.78 Å². The summed E-state index contributed by atoms with van der Waals surface area (Å²) < 4.78 is 31.3. The van der Waals surface area contributed by atoms with Gasteiger partial charge in [-0.25, -0.2) is 9.37 Å². The average molecular weight is 278 g/mol. The Balaban J connectivity index is 2.02. The zero-order valence-corrected chi connectivity index (χ0v) is 10.7. The molecule has 20 heavy (non-hydrogen) atoms. The molecule has 2 aromatic rings. The van der Waals surface area contributed by atoms with Crippen molar-refractivity contribution in [2.45, 2.75) is 6.54 Å². The van der Waals surface area contributed by atoms with Crippen molar-refractivity contribution in [1.82, 2.24) is 10.3 Å². The summed E-state index contributed by atoms with van der Waals surface area (Å²) in [6.07, 6.45) is 1.04. The van der Waals surface area contributed by atoms with E-state index in [4.69, 9.17) is 4.74 Å². The Morgan fingerprint density at radius 3 is 2.60 bits per heavy atom. The van der Waals surface area contributed by atoms with E-state index in [1.165, 1.54) is 0 Å². The van der Waals surface area contributed by atoms with Gasteiger partial charge in [-0.05, 0) is 23.8 Å². The number of halogens is 2. The van der Waals surface area contributed by atoms with E-state index in [2.05, 4.69) is 10.3 Å². The Kier molecular flexibility index (Phi) is 4.24. The van der Waals surface area contributed by atoms with Crippen LogP contribution in [-0.2, 0) is 6.54 Å². The van der Waals surface area contributed by atoms with Gasteiger partial charge >= 0.3 is 0 Å². The molecule has 2 rings (SSSR count). The lowest BCUT2D eigenvalue weighted by Crippen LogP contribution is -2.24. The van der Waals surface area contributed by atoms with Gasteiger partial charge < -0.3 is 10.1 Å². The Hall–Kier alpha value is -2.50. The van der Waals surface area contributed by atoms with Gasteiger partial charge in [0, 0.05) is 12.7 Å². The van der Waals surface area contributed by atoms with E-state index < -0.39 is 17.7 Å². The fourth-order valence-corrected chi connectivity index (χ4v) is 1.61. The number of nitrogens with one attached hydrogen (secondary N) is 1. The fourth-order valence-electron chi connectivity index (χ4n) is 1.61. The summed E-state index contributed by atoms with van der Waals surface area (Å²) in [5.41, 5.74) is 0.445. The van der Waals surface area contributed by atoms with Gasteiger partial charge in [-0.1, -0.05) is 12.1 Å². The van der Waals surface area contributed by atoms with Crippen molar-refractivity contribution >= 4 is 5.91 Å². The van der Waals surface area contributed by atoms with Crippen LogP contribution >= 0.6 is 0 Å². The van der Waals surface area contributed by atoms with Crippen molar-refractivity contribution < 1.29 is 18.3 Å².